The molecule has 138 valence electrons. The predicted molar refractivity (Wildman–Crippen MR) is 110 cm³/mol. The van der Waals surface area contributed by atoms with Crippen LogP contribution in [0.25, 0.3) is 0 Å². The zero-order valence-electron chi connectivity index (χ0n) is 15.7. The van der Waals surface area contributed by atoms with E-state index in [9.17, 15) is 0 Å². The Morgan fingerprint density at radius 2 is 1.32 bits per heavy atom. The fraction of sp³-hybridized carbons (Fsp3) is 0.727. The lowest BCUT2D eigenvalue weighted by Gasteiger charge is -2.41. The third kappa shape index (κ3) is 4.22. The number of nitrogens with zero attached hydrogens (tertiary/aromatic N) is 1. The summed E-state index contributed by atoms with van der Waals surface area (Å²) in [7, 11) is -0.0202. The first-order valence-corrected chi connectivity index (χ1v) is 12.1. The predicted octanol–water partition coefficient (Wildman–Crippen LogP) is 5.30. The van der Waals surface area contributed by atoms with Gasteiger partial charge in [-0.15, -0.1) is 0 Å². The smallest absolute Gasteiger partial charge is 0.0642 e. The Labute approximate surface area is 155 Å². The molecule has 3 fully saturated rings. The van der Waals surface area contributed by atoms with Crippen molar-refractivity contribution in [3.8, 4) is 0 Å². The van der Waals surface area contributed by atoms with Gasteiger partial charge < -0.3 is 9.64 Å². The number of morpholine rings is 1. The van der Waals surface area contributed by atoms with Gasteiger partial charge in [-0.3, -0.25) is 0 Å². The van der Waals surface area contributed by atoms with Gasteiger partial charge in [0.25, 0.3) is 0 Å². The average molecular weight is 359 g/mol. The number of ether oxygens (including phenoxy) is 1. The van der Waals surface area contributed by atoms with Gasteiger partial charge in [-0.25, -0.2) is 0 Å². The van der Waals surface area contributed by atoms with Crippen LogP contribution in [0, 0.1) is 0 Å². The van der Waals surface area contributed by atoms with Crippen LogP contribution in [0.15, 0.2) is 24.3 Å². The maximum absolute atomic E-state index is 5.62. The first-order chi connectivity index (χ1) is 12.4. The topological polar surface area (TPSA) is 12.5 Å². The van der Waals surface area contributed by atoms with Gasteiger partial charge in [0.1, 0.15) is 0 Å². The maximum Gasteiger partial charge on any atom is 0.0642 e. The summed E-state index contributed by atoms with van der Waals surface area (Å²) in [5, 5.41) is 1.73. The third-order valence-electron chi connectivity index (χ3n) is 6.45. The van der Waals surface area contributed by atoms with Crippen molar-refractivity contribution in [1.82, 2.24) is 0 Å². The van der Waals surface area contributed by atoms with E-state index in [4.69, 9.17) is 4.74 Å². The highest BCUT2D eigenvalue weighted by Crippen LogP contribution is 2.56. The van der Waals surface area contributed by atoms with E-state index < -0.39 is 0 Å². The molecule has 0 bridgehead atoms. The highest BCUT2D eigenvalue weighted by Gasteiger charge is 2.34. The second-order valence-electron chi connectivity index (χ2n) is 8.08. The van der Waals surface area contributed by atoms with Crippen LogP contribution in [-0.2, 0) is 4.74 Å². The van der Waals surface area contributed by atoms with Crippen molar-refractivity contribution in [2.45, 2.75) is 75.5 Å². The number of rotatable bonds is 4. The second kappa shape index (κ2) is 8.87. The molecule has 1 aromatic rings. The molecule has 0 radical (unpaired) electrons. The van der Waals surface area contributed by atoms with Gasteiger partial charge in [0.15, 0.2) is 0 Å². The molecule has 0 atom stereocenters. The molecule has 3 heteroatoms. The molecule has 1 aliphatic heterocycles. The minimum atomic E-state index is -0.0202. The summed E-state index contributed by atoms with van der Waals surface area (Å²) in [6.07, 6.45) is 14.8. The molecule has 2 nitrogen and oxygen atoms in total. The molecule has 0 N–H and O–H groups in total. The summed E-state index contributed by atoms with van der Waals surface area (Å²) in [6, 6.07) is 9.46. The molecule has 3 aliphatic rings. The van der Waals surface area contributed by atoms with Crippen molar-refractivity contribution in [3.63, 3.8) is 0 Å². The Morgan fingerprint density at radius 3 is 1.92 bits per heavy atom. The molecule has 1 aromatic carbocycles. The Balaban J connectivity index is 1.65. The lowest BCUT2D eigenvalue weighted by molar-refractivity contribution is 0.123. The Hall–Kier alpha value is -0.590. The molecule has 0 amide bonds. The largest absolute Gasteiger partial charge is 0.378 e. The molecular weight excluding hydrogens is 325 g/mol. The van der Waals surface area contributed by atoms with Crippen LogP contribution >= 0.6 is 7.92 Å². The van der Waals surface area contributed by atoms with Crippen LogP contribution in [0.2, 0.25) is 0 Å². The summed E-state index contributed by atoms with van der Waals surface area (Å²) in [5.74, 6) is 0. The molecule has 1 heterocycles. The minimum Gasteiger partial charge on any atom is -0.378 e. The van der Waals surface area contributed by atoms with E-state index in [0.717, 1.165) is 37.6 Å². The average Bonchev–Trinajstić information content (AvgIpc) is 2.71. The van der Waals surface area contributed by atoms with Crippen LogP contribution in [0.1, 0.15) is 64.2 Å². The van der Waals surface area contributed by atoms with Crippen LogP contribution in [-0.4, -0.2) is 37.6 Å². The summed E-state index contributed by atoms with van der Waals surface area (Å²) >= 11 is 0. The van der Waals surface area contributed by atoms with Crippen molar-refractivity contribution < 1.29 is 4.74 Å². The van der Waals surface area contributed by atoms with Crippen molar-refractivity contribution in [3.05, 3.63) is 24.3 Å². The van der Waals surface area contributed by atoms with Gasteiger partial charge in [-0.2, -0.15) is 0 Å². The molecule has 2 saturated carbocycles. The van der Waals surface area contributed by atoms with Crippen molar-refractivity contribution >= 4 is 18.9 Å². The fourth-order valence-electron chi connectivity index (χ4n) is 5.16. The summed E-state index contributed by atoms with van der Waals surface area (Å²) in [5.41, 5.74) is 3.51. The number of hydrogen-bond acceptors (Lipinski definition) is 2. The van der Waals surface area contributed by atoms with E-state index in [1.165, 1.54) is 64.2 Å². The summed E-state index contributed by atoms with van der Waals surface area (Å²) in [4.78, 5) is 2.61. The van der Waals surface area contributed by atoms with Crippen LogP contribution < -0.4 is 10.2 Å². The van der Waals surface area contributed by atoms with E-state index in [0.29, 0.717) is 0 Å². The second-order valence-corrected chi connectivity index (χ2v) is 10.8. The van der Waals surface area contributed by atoms with Crippen molar-refractivity contribution in [2.24, 2.45) is 0 Å². The Morgan fingerprint density at radius 1 is 0.760 bits per heavy atom. The molecular formula is C22H34NOP. The molecule has 0 aromatic heterocycles. The van der Waals surface area contributed by atoms with Crippen molar-refractivity contribution in [2.75, 3.05) is 31.2 Å². The van der Waals surface area contributed by atoms with Crippen LogP contribution in [0.3, 0.4) is 0 Å². The molecule has 0 unspecified atom stereocenters. The van der Waals surface area contributed by atoms with E-state index >= 15 is 0 Å². The van der Waals surface area contributed by atoms with E-state index in [1.807, 2.05) is 0 Å². The van der Waals surface area contributed by atoms with Gasteiger partial charge in [-0.05, 0) is 48.4 Å². The van der Waals surface area contributed by atoms with Gasteiger partial charge >= 0.3 is 0 Å². The highest BCUT2D eigenvalue weighted by atomic mass is 31.1. The SMILES string of the molecule is c1ccc(P(C2CCCCC2)C2CCCCC2)c(N2CCOCC2)c1. The zero-order chi connectivity index (χ0) is 16.9. The summed E-state index contributed by atoms with van der Waals surface area (Å²) < 4.78 is 5.62. The van der Waals surface area contributed by atoms with E-state index in [1.54, 1.807) is 11.0 Å². The van der Waals surface area contributed by atoms with Gasteiger partial charge in [0.2, 0.25) is 0 Å². The fourth-order valence-corrected chi connectivity index (χ4v) is 9.13. The van der Waals surface area contributed by atoms with E-state index in [-0.39, 0.29) is 7.92 Å². The number of benzene rings is 1. The van der Waals surface area contributed by atoms with Crippen LogP contribution in [0.4, 0.5) is 5.69 Å². The zero-order valence-corrected chi connectivity index (χ0v) is 16.6. The Kier molecular flexibility index (Phi) is 6.32. The number of anilines is 1. The summed E-state index contributed by atoms with van der Waals surface area (Å²) in [6.45, 7) is 3.91. The molecule has 0 spiro atoms. The first-order valence-electron chi connectivity index (χ1n) is 10.6. The monoisotopic (exact) mass is 359 g/mol. The molecule has 25 heavy (non-hydrogen) atoms. The maximum atomic E-state index is 5.62. The number of hydrogen-bond donors (Lipinski definition) is 0. The number of para-hydroxylation sites is 1. The third-order valence-corrected chi connectivity index (χ3v) is 9.99. The highest BCUT2D eigenvalue weighted by molar-refractivity contribution is 7.67. The first kappa shape index (κ1) is 17.8. The molecule has 1 saturated heterocycles. The molecule has 4 rings (SSSR count). The normalized spacial score (nSPS) is 24.0. The van der Waals surface area contributed by atoms with Gasteiger partial charge in [-0.1, -0.05) is 64.6 Å². The quantitative estimate of drug-likeness (QED) is 0.677. The lowest BCUT2D eigenvalue weighted by atomic mass is 9.99. The molecule has 2 aliphatic carbocycles. The Bertz CT molecular complexity index is 513. The van der Waals surface area contributed by atoms with E-state index in [2.05, 4.69) is 29.2 Å². The van der Waals surface area contributed by atoms with Gasteiger partial charge in [0, 0.05) is 18.8 Å². The van der Waals surface area contributed by atoms with Crippen molar-refractivity contribution in [1.29, 1.82) is 0 Å². The van der Waals surface area contributed by atoms with Gasteiger partial charge in [0.05, 0.1) is 13.2 Å². The van der Waals surface area contributed by atoms with Crippen LogP contribution in [0.5, 0.6) is 0 Å². The standard InChI is InChI=1S/C22H34NOP/c1-3-9-19(10-4-1)25(20-11-5-2-6-12-20)22-14-8-7-13-21(22)23-15-17-24-18-16-23/h7-8,13-14,19-20H,1-6,9-12,15-18H2. The lowest BCUT2D eigenvalue weighted by Crippen LogP contribution is -2.39. The minimum absolute atomic E-state index is 0.0202.